The van der Waals surface area contributed by atoms with Gasteiger partial charge in [-0.15, -0.1) is 0 Å². The van der Waals surface area contributed by atoms with Crippen LogP contribution in [0.5, 0.6) is 0 Å². The highest BCUT2D eigenvalue weighted by atomic mass is 15.3. The van der Waals surface area contributed by atoms with Crippen molar-refractivity contribution >= 4 is 11.3 Å². The second-order valence-corrected chi connectivity index (χ2v) is 5.61. The zero-order valence-corrected chi connectivity index (χ0v) is 10.0. The lowest BCUT2D eigenvalue weighted by Gasteiger charge is -2.60. The van der Waals surface area contributed by atoms with Crippen molar-refractivity contribution in [3.05, 3.63) is 30.7 Å². The molecule has 0 saturated carbocycles. The molecule has 2 aliphatic heterocycles. The fourth-order valence-corrected chi connectivity index (χ4v) is 3.34. The molecule has 4 heteroatoms. The van der Waals surface area contributed by atoms with E-state index >= 15 is 0 Å². The third-order valence-electron chi connectivity index (χ3n) is 4.00. The molecule has 17 heavy (non-hydrogen) atoms. The smallest absolute Gasteiger partial charge is 0.136 e. The highest BCUT2D eigenvalue weighted by molar-refractivity contribution is 5.54. The van der Waals surface area contributed by atoms with Gasteiger partial charge < -0.3 is 14.2 Å². The van der Waals surface area contributed by atoms with Crippen molar-refractivity contribution in [1.82, 2.24) is 14.3 Å². The Morgan fingerprint density at radius 1 is 1.18 bits per heavy atom. The molecule has 4 nitrogen and oxygen atoms in total. The molecular weight excluding hydrogens is 212 g/mol. The van der Waals surface area contributed by atoms with Gasteiger partial charge in [0, 0.05) is 50.2 Å². The van der Waals surface area contributed by atoms with E-state index in [1.54, 1.807) is 0 Å². The first kappa shape index (κ1) is 9.48. The zero-order valence-electron chi connectivity index (χ0n) is 10.0. The molecule has 4 rings (SSSR count). The van der Waals surface area contributed by atoms with Crippen molar-refractivity contribution < 1.29 is 0 Å². The molecule has 2 aromatic rings. The summed E-state index contributed by atoms with van der Waals surface area (Å²) in [6.07, 6.45) is 6.03. The van der Waals surface area contributed by atoms with Crippen LogP contribution in [0.3, 0.4) is 0 Å². The van der Waals surface area contributed by atoms with Gasteiger partial charge >= 0.3 is 0 Å². The predicted octanol–water partition coefficient (Wildman–Crippen LogP) is 1.09. The maximum Gasteiger partial charge on any atom is 0.136 e. The van der Waals surface area contributed by atoms with E-state index in [0.717, 1.165) is 5.65 Å². The minimum absolute atomic E-state index is 0.596. The molecule has 0 N–H and O–H groups in total. The van der Waals surface area contributed by atoms with Crippen molar-refractivity contribution in [2.24, 2.45) is 5.41 Å². The van der Waals surface area contributed by atoms with E-state index in [2.05, 4.69) is 44.6 Å². The number of fused-ring (bicyclic) bond motifs is 1. The molecule has 0 unspecified atom stereocenters. The van der Waals surface area contributed by atoms with Crippen LogP contribution < -0.4 is 4.90 Å². The number of likely N-dealkylation sites (tertiary alicyclic amines) is 1. The summed E-state index contributed by atoms with van der Waals surface area (Å²) in [5.41, 5.74) is 2.93. The molecule has 1 spiro atoms. The molecule has 2 aromatic heterocycles. The molecule has 2 saturated heterocycles. The average molecular weight is 228 g/mol. The van der Waals surface area contributed by atoms with Gasteiger partial charge in [0.05, 0.1) is 5.69 Å². The lowest BCUT2D eigenvalue weighted by atomic mass is 9.73. The first-order valence-corrected chi connectivity index (χ1v) is 6.10. The Kier molecular flexibility index (Phi) is 1.68. The van der Waals surface area contributed by atoms with E-state index in [9.17, 15) is 0 Å². The molecule has 0 atom stereocenters. The van der Waals surface area contributed by atoms with Gasteiger partial charge in [-0.3, -0.25) is 0 Å². The molecule has 88 valence electrons. The molecule has 4 heterocycles. The van der Waals surface area contributed by atoms with E-state index in [-0.39, 0.29) is 0 Å². The minimum atomic E-state index is 0.596. The third-order valence-corrected chi connectivity index (χ3v) is 4.00. The fourth-order valence-electron chi connectivity index (χ4n) is 3.34. The largest absolute Gasteiger partial charge is 0.369 e. The summed E-state index contributed by atoms with van der Waals surface area (Å²) >= 11 is 0. The van der Waals surface area contributed by atoms with Crippen LogP contribution in [0.25, 0.3) is 5.65 Å². The van der Waals surface area contributed by atoms with Gasteiger partial charge in [-0.25, -0.2) is 4.98 Å². The molecule has 0 aliphatic carbocycles. The molecular formula is C13H16N4. The van der Waals surface area contributed by atoms with Gasteiger partial charge in [-0.1, -0.05) is 0 Å². The van der Waals surface area contributed by atoms with Crippen molar-refractivity contribution in [2.45, 2.75) is 0 Å². The maximum atomic E-state index is 4.27. The van der Waals surface area contributed by atoms with Crippen LogP contribution in [-0.4, -0.2) is 47.5 Å². The number of rotatable bonds is 1. The normalized spacial score (nSPS) is 22.8. The Morgan fingerprint density at radius 2 is 2.00 bits per heavy atom. The summed E-state index contributed by atoms with van der Waals surface area (Å²) in [5, 5.41) is 0. The van der Waals surface area contributed by atoms with Gasteiger partial charge in [0.2, 0.25) is 0 Å². The van der Waals surface area contributed by atoms with Crippen LogP contribution in [-0.2, 0) is 0 Å². The van der Waals surface area contributed by atoms with Gasteiger partial charge in [-0.05, 0) is 19.2 Å². The van der Waals surface area contributed by atoms with Crippen LogP contribution in [0.1, 0.15) is 0 Å². The minimum Gasteiger partial charge on any atom is -0.369 e. The van der Waals surface area contributed by atoms with Crippen molar-refractivity contribution in [3.8, 4) is 0 Å². The Balaban J connectivity index is 1.56. The number of anilines is 1. The summed E-state index contributed by atoms with van der Waals surface area (Å²) in [6.45, 7) is 4.93. The maximum absolute atomic E-state index is 4.27. The predicted molar refractivity (Wildman–Crippen MR) is 67.3 cm³/mol. The number of aromatic nitrogens is 2. The fraction of sp³-hybridized carbons (Fsp3) is 0.462. The molecule has 2 fully saturated rings. The SMILES string of the molecule is CN1CC2(C1)CN(c1ccc3nccn3c1)C2. The van der Waals surface area contributed by atoms with E-state index in [0.29, 0.717) is 5.41 Å². The first-order chi connectivity index (χ1) is 8.24. The van der Waals surface area contributed by atoms with Gasteiger partial charge in [-0.2, -0.15) is 0 Å². The van der Waals surface area contributed by atoms with Crippen molar-refractivity contribution in [3.63, 3.8) is 0 Å². The van der Waals surface area contributed by atoms with E-state index < -0.39 is 0 Å². The Morgan fingerprint density at radius 3 is 2.76 bits per heavy atom. The summed E-state index contributed by atoms with van der Waals surface area (Å²) in [7, 11) is 2.20. The Hall–Kier alpha value is -1.55. The second-order valence-electron chi connectivity index (χ2n) is 5.61. The van der Waals surface area contributed by atoms with E-state index in [1.807, 2.05) is 12.4 Å². The Labute approximate surface area is 100 Å². The van der Waals surface area contributed by atoms with Crippen LogP contribution in [0.15, 0.2) is 30.7 Å². The van der Waals surface area contributed by atoms with Crippen LogP contribution in [0.4, 0.5) is 5.69 Å². The summed E-state index contributed by atoms with van der Waals surface area (Å²) in [4.78, 5) is 9.13. The quantitative estimate of drug-likeness (QED) is 0.730. The first-order valence-electron chi connectivity index (χ1n) is 6.10. The lowest BCUT2D eigenvalue weighted by Crippen LogP contribution is -2.71. The lowest BCUT2D eigenvalue weighted by molar-refractivity contribution is -0.00242. The number of pyridine rings is 1. The summed E-state index contributed by atoms with van der Waals surface area (Å²) in [6, 6.07) is 4.27. The Bertz CT molecular complexity index is 560. The average Bonchev–Trinajstić information content (AvgIpc) is 2.67. The number of hydrogen-bond acceptors (Lipinski definition) is 3. The van der Waals surface area contributed by atoms with Crippen LogP contribution in [0, 0.1) is 5.41 Å². The molecule has 0 aromatic carbocycles. The summed E-state index contributed by atoms with van der Waals surface area (Å²) < 4.78 is 2.09. The van der Waals surface area contributed by atoms with Crippen molar-refractivity contribution in [2.75, 3.05) is 38.1 Å². The standard InChI is InChI=1S/C13H16N4/c1-15-7-13(8-15)9-17(10-13)11-2-3-12-14-4-5-16(12)6-11/h2-6H,7-10H2,1H3. The van der Waals surface area contributed by atoms with Crippen molar-refractivity contribution in [1.29, 1.82) is 0 Å². The highest BCUT2D eigenvalue weighted by Gasteiger charge is 2.50. The molecule has 0 amide bonds. The van der Waals surface area contributed by atoms with E-state index in [1.165, 1.54) is 31.9 Å². The van der Waals surface area contributed by atoms with E-state index in [4.69, 9.17) is 0 Å². The molecule has 0 bridgehead atoms. The van der Waals surface area contributed by atoms with Gasteiger partial charge in [0.1, 0.15) is 5.65 Å². The number of imidazole rings is 1. The van der Waals surface area contributed by atoms with Gasteiger partial charge in [0.25, 0.3) is 0 Å². The summed E-state index contributed by atoms with van der Waals surface area (Å²) in [5.74, 6) is 0. The zero-order chi connectivity index (χ0) is 11.5. The topological polar surface area (TPSA) is 23.8 Å². The van der Waals surface area contributed by atoms with Crippen LogP contribution in [0.2, 0.25) is 0 Å². The monoisotopic (exact) mass is 228 g/mol. The van der Waals surface area contributed by atoms with Gasteiger partial charge in [0.15, 0.2) is 0 Å². The molecule has 0 radical (unpaired) electrons. The molecule has 2 aliphatic rings. The third kappa shape index (κ3) is 1.30. The highest BCUT2D eigenvalue weighted by Crippen LogP contribution is 2.40. The van der Waals surface area contributed by atoms with Crippen LogP contribution >= 0.6 is 0 Å². The second kappa shape index (κ2) is 3.01. The number of nitrogens with zero attached hydrogens (tertiary/aromatic N) is 4. The number of hydrogen-bond donors (Lipinski definition) is 0.